The molecule has 3 rings (SSSR count). The summed E-state index contributed by atoms with van der Waals surface area (Å²) in [4.78, 5) is 40.1. The van der Waals surface area contributed by atoms with E-state index >= 15 is 0 Å². The Labute approximate surface area is 139 Å². The number of pyridine rings is 1. The van der Waals surface area contributed by atoms with E-state index < -0.39 is 11.8 Å². The van der Waals surface area contributed by atoms with Gasteiger partial charge < -0.3 is 15.1 Å². The molecule has 0 atom stereocenters. The van der Waals surface area contributed by atoms with Crippen molar-refractivity contribution < 1.29 is 9.59 Å². The molecule has 124 valence electrons. The minimum Gasteiger partial charge on any atom is -0.344 e. The van der Waals surface area contributed by atoms with E-state index in [4.69, 9.17) is 0 Å². The molecule has 0 spiro atoms. The lowest BCUT2D eigenvalue weighted by Crippen LogP contribution is -2.52. The first-order valence-electron chi connectivity index (χ1n) is 7.72. The quantitative estimate of drug-likeness (QED) is 0.788. The number of rotatable bonds is 3. The molecule has 2 aromatic rings. The predicted molar refractivity (Wildman–Crippen MR) is 86.9 cm³/mol. The molecule has 0 saturated carbocycles. The van der Waals surface area contributed by atoms with Gasteiger partial charge in [0.2, 0.25) is 5.95 Å². The average Bonchev–Trinajstić information content (AvgIpc) is 2.67. The maximum atomic E-state index is 12.2. The monoisotopic (exact) mass is 326 g/mol. The van der Waals surface area contributed by atoms with Crippen molar-refractivity contribution in [2.24, 2.45) is 0 Å². The first-order valence-corrected chi connectivity index (χ1v) is 7.72. The second-order valence-electron chi connectivity index (χ2n) is 5.37. The van der Waals surface area contributed by atoms with E-state index in [1.54, 1.807) is 41.8 Å². The van der Waals surface area contributed by atoms with E-state index in [0.717, 1.165) is 5.56 Å². The first-order chi connectivity index (χ1) is 11.7. The number of aromatic nitrogens is 3. The summed E-state index contributed by atoms with van der Waals surface area (Å²) < 4.78 is 0. The summed E-state index contributed by atoms with van der Waals surface area (Å²) in [6.07, 6.45) is 6.69. The maximum Gasteiger partial charge on any atom is 0.312 e. The number of nitrogens with zero attached hydrogens (tertiary/aromatic N) is 5. The molecule has 1 saturated heterocycles. The van der Waals surface area contributed by atoms with Gasteiger partial charge in [0, 0.05) is 57.5 Å². The van der Waals surface area contributed by atoms with Crippen LogP contribution >= 0.6 is 0 Å². The van der Waals surface area contributed by atoms with Gasteiger partial charge in [-0.25, -0.2) is 9.97 Å². The normalized spacial score (nSPS) is 14.3. The zero-order valence-electron chi connectivity index (χ0n) is 13.1. The van der Waals surface area contributed by atoms with Crippen molar-refractivity contribution in [3.8, 4) is 0 Å². The van der Waals surface area contributed by atoms with Crippen LogP contribution in [0.3, 0.4) is 0 Å². The largest absolute Gasteiger partial charge is 0.344 e. The van der Waals surface area contributed by atoms with E-state index in [9.17, 15) is 9.59 Å². The molecule has 24 heavy (non-hydrogen) atoms. The highest BCUT2D eigenvalue weighted by atomic mass is 16.2. The Morgan fingerprint density at radius 2 is 1.79 bits per heavy atom. The highest BCUT2D eigenvalue weighted by Gasteiger charge is 2.26. The van der Waals surface area contributed by atoms with Gasteiger partial charge in [-0.15, -0.1) is 0 Å². The van der Waals surface area contributed by atoms with Crippen molar-refractivity contribution >= 4 is 17.8 Å². The van der Waals surface area contributed by atoms with Crippen LogP contribution in [0, 0.1) is 0 Å². The molecule has 0 aromatic carbocycles. The van der Waals surface area contributed by atoms with Crippen LogP contribution in [0.1, 0.15) is 5.56 Å². The summed E-state index contributed by atoms with van der Waals surface area (Å²) in [5, 5.41) is 2.63. The Kier molecular flexibility index (Phi) is 4.95. The first kappa shape index (κ1) is 15.9. The Balaban J connectivity index is 1.48. The molecule has 1 aliphatic heterocycles. The van der Waals surface area contributed by atoms with E-state index in [1.807, 2.05) is 11.0 Å². The second kappa shape index (κ2) is 7.49. The van der Waals surface area contributed by atoms with Crippen LogP contribution < -0.4 is 10.2 Å². The van der Waals surface area contributed by atoms with Crippen LogP contribution in [-0.2, 0) is 16.1 Å². The van der Waals surface area contributed by atoms with Crippen molar-refractivity contribution in [3.63, 3.8) is 0 Å². The summed E-state index contributed by atoms with van der Waals surface area (Å²) in [6, 6.07) is 5.39. The van der Waals surface area contributed by atoms with E-state index in [1.165, 1.54) is 0 Å². The fourth-order valence-corrected chi connectivity index (χ4v) is 2.47. The number of piperazine rings is 1. The lowest BCUT2D eigenvalue weighted by molar-refractivity contribution is -0.146. The summed E-state index contributed by atoms with van der Waals surface area (Å²) in [5.41, 5.74) is 0.852. The lowest BCUT2D eigenvalue weighted by Gasteiger charge is -2.34. The molecule has 2 amide bonds. The van der Waals surface area contributed by atoms with Crippen molar-refractivity contribution in [1.82, 2.24) is 25.2 Å². The van der Waals surface area contributed by atoms with Gasteiger partial charge in [-0.05, 0) is 17.7 Å². The molecule has 0 radical (unpaired) electrons. The number of hydrogen-bond donors (Lipinski definition) is 1. The number of hydrogen-bond acceptors (Lipinski definition) is 6. The highest BCUT2D eigenvalue weighted by Crippen LogP contribution is 2.09. The minimum atomic E-state index is -0.594. The molecule has 3 heterocycles. The fraction of sp³-hybridized carbons (Fsp3) is 0.312. The van der Waals surface area contributed by atoms with Gasteiger partial charge in [0.15, 0.2) is 0 Å². The van der Waals surface area contributed by atoms with Crippen LogP contribution in [0.5, 0.6) is 0 Å². The summed E-state index contributed by atoms with van der Waals surface area (Å²) in [7, 11) is 0. The predicted octanol–water partition coefficient (Wildman–Crippen LogP) is -0.163. The molecular formula is C16H18N6O2. The van der Waals surface area contributed by atoms with E-state index in [-0.39, 0.29) is 6.54 Å². The van der Waals surface area contributed by atoms with Crippen LogP contribution in [0.25, 0.3) is 0 Å². The third-order valence-electron chi connectivity index (χ3n) is 3.77. The van der Waals surface area contributed by atoms with Crippen molar-refractivity contribution in [1.29, 1.82) is 0 Å². The van der Waals surface area contributed by atoms with Gasteiger partial charge in [-0.2, -0.15) is 0 Å². The summed E-state index contributed by atoms with van der Waals surface area (Å²) in [6.45, 7) is 2.43. The van der Waals surface area contributed by atoms with Crippen molar-refractivity contribution in [2.45, 2.75) is 6.54 Å². The minimum absolute atomic E-state index is 0.288. The van der Waals surface area contributed by atoms with E-state index in [0.29, 0.717) is 32.1 Å². The molecule has 1 fully saturated rings. The molecule has 2 aromatic heterocycles. The summed E-state index contributed by atoms with van der Waals surface area (Å²) >= 11 is 0. The average molecular weight is 326 g/mol. The van der Waals surface area contributed by atoms with Crippen molar-refractivity contribution in [3.05, 3.63) is 48.5 Å². The van der Waals surface area contributed by atoms with Crippen molar-refractivity contribution in [2.75, 3.05) is 31.1 Å². The molecular weight excluding hydrogens is 308 g/mol. The van der Waals surface area contributed by atoms with Gasteiger partial charge in [0.25, 0.3) is 0 Å². The van der Waals surface area contributed by atoms with Gasteiger partial charge >= 0.3 is 11.8 Å². The molecule has 8 nitrogen and oxygen atoms in total. The topological polar surface area (TPSA) is 91.3 Å². The number of carbonyl (C=O) groups is 2. The smallest absolute Gasteiger partial charge is 0.312 e. The Bertz CT molecular complexity index is 686. The summed E-state index contributed by atoms with van der Waals surface area (Å²) in [5.74, 6) is -0.457. The number of carbonyl (C=O) groups excluding carboxylic acids is 2. The molecule has 8 heteroatoms. The molecule has 1 N–H and O–H groups in total. The highest BCUT2D eigenvalue weighted by molar-refractivity contribution is 6.35. The van der Waals surface area contributed by atoms with Crippen LogP contribution in [0.4, 0.5) is 5.95 Å². The van der Waals surface area contributed by atoms with Crippen LogP contribution in [0.15, 0.2) is 43.0 Å². The zero-order chi connectivity index (χ0) is 16.8. The Morgan fingerprint density at radius 1 is 1.04 bits per heavy atom. The molecule has 0 aliphatic carbocycles. The number of nitrogens with one attached hydrogen (secondary N) is 1. The third kappa shape index (κ3) is 3.83. The van der Waals surface area contributed by atoms with Gasteiger partial charge in [-0.1, -0.05) is 6.07 Å². The van der Waals surface area contributed by atoms with Gasteiger partial charge in [-0.3, -0.25) is 14.6 Å². The molecule has 1 aliphatic rings. The Hall–Kier alpha value is -3.03. The zero-order valence-corrected chi connectivity index (χ0v) is 13.1. The third-order valence-corrected chi connectivity index (χ3v) is 3.77. The van der Waals surface area contributed by atoms with E-state index in [2.05, 4.69) is 20.3 Å². The van der Waals surface area contributed by atoms with Gasteiger partial charge in [0.05, 0.1) is 0 Å². The van der Waals surface area contributed by atoms with Crippen LogP contribution in [0.2, 0.25) is 0 Å². The molecule has 0 unspecified atom stereocenters. The van der Waals surface area contributed by atoms with Gasteiger partial charge in [0.1, 0.15) is 0 Å². The molecule has 0 bridgehead atoms. The van der Waals surface area contributed by atoms with Crippen LogP contribution in [-0.4, -0.2) is 57.8 Å². The number of amides is 2. The standard InChI is InChI=1S/C16H18N6O2/c23-14(20-12-13-3-1-4-17-11-13)15(24)21-7-9-22(10-8-21)16-18-5-2-6-19-16/h1-6,11H,7-10,12H2,(H,20,23). The second-order valence-corrected chi connectivity index (χ2v) is 5.37. The Morgan fingerprint density at radius 3 is 2.46 bits per heavy atom. The number of anilines is 1. The maximum absolute atomic E-state index is 12.2. The lowest BCUT2D eigenvalue weighted by atomic mass is 10.3. The SMILES string of the molecule is O=C(NCc1cccnc1)C(=O)N1CCN(c2ncccn2)CC1. The fourth-order valence-electron chi connectivity index (χ4n) is 2.47.